The number of phenols is 2. The smallest absolute Gasteiger partial charge is 0.157 e. The highest BCUT2D eigenvalue weighted by molar-refractivity contribution is 5.41. The monoisotopic (exact) mass is 269 g/mol. The van der Waals surface area contributed by atoms with Crippen molar-refractivity contribution >= 4 is 0 Å². The van der Waals surface area contributed by atoms with Gasteiger partial charge < -0.3 is 25.4 Å². The normalized spacial score (nSPS) is 14.3. The van der Waals surface area contributed by atoms with E-state index in [2.05, 4.69) is 12.2 Å². The van der Waals surface area contributed by atoms with Gasteiger partial charge in [-0.1, -0.05) is 6.07 Å². The molecule has 0 spiro atoms. The van der Waals surface area contributed by atoms with Crippen molar-refractivity contribution in [3.63, 3.8) is 0 Å². The Labute approximate surface area is 113 Å². The molecule has 108 valence electrons. The van der Waals surface area contributed by atoms with Gasteiger partial charge in [0.05, 0.1) is 6.10 Å². The molecule has 5 nitrogen and oxygen atoms in total. The van der Waals surface area contributed by atoms with Crippen LogP contribution in [0.15, 0.2) is 18.2 Å². The highest BCUT2D eigenvalue weighted by Gasteiger charge is 2.11. The minimum absolute atomic E-state index is 0.183. The third kappa shape index (κ3) is 5.46. The first-order chi connectivity index (χ1) is 9.04. The summed E-state index contributed by atoms with van der Waals surface area (Å²) < 4.78 is 4.98. The van der Waals surface area contributed by atoms with Gasteiger partial charge in [0.1, 0.15) is 0 Å². The maximum absolute atomic E-state index is 9.98. The molecule has 2 atom stereocenters. The zero-order valence-corrected chi connectivity index (χ0v) is 11.5. The standard InChI is InChI=1S/C14H23NO4/c1-10(4-3-7-19-2)15-9-14(18)11-5-6-12(16)13(17)8-11/h5-6,8,10,14-18H,3-4,7,9H2,1-2H3. The van der Waals surface area contributed by atoms with Gasteiger partial charge in [0.25, 0.3) is 0 Å². The van der Waals surface area contributed by atoms with Gasteiger partial charge in [0, 0.05) is 26.3 Å². The Balaban J connectivity index is 2.37. The lowest BCUT2D eigenvalue weighted by atomic mass is 10.1. The van der Waals surface area contributed by atoms with Crippen molar-refractivity contribution < 1.29 is 20.1 Å². The minimum Gasteiger partial charge on any atom is -0.504 e. The third-order valence-corrected chi connectivity index (χ3v) is 3.03. The number of ether oxygens (including phenoxy) is 1. The SMILES string of the molecule is COCCCC(C)NCC(O)c1ccc(O)c(O)c1. The van der Waals surface area contributed by atoms with E-state index in [9.17, 15) is 15.3 Å². The first-order valence-electron chi connectivity index (χ1n) is 6.47. The molecule has 0 aliphatic heterocycles. The highest BCUT2D eigenvalue weighted by atomic mass is 16.5. The lowest BCUT2D eigenvalue weighted by molar-refractivity contribution is 0.165. The molecule has 0 saturated heterocycles. The zero-order valence-electron chi connectivity index (χ0n) is 11.5. The van der Waals surface area contributed by atoms with Crippen molar-refractivity contribution in [1.82, 2.24) is 5.32 Å². The fraction of sp³-hybridized carbons (Fsp3) is 0.571. The molecule has 0 aliphatic rings. The Kier molecular flexibility index (Phi) is 6.62. The quantitative estimate of drug-likeness (QED) is 0.425. The van der Waals surface area contributed by atoms with Gasteiger partial charge in [-0.3, -0.25) is 0 Å². The van der Waals surface area contributed by atoms with Crippen LogP contribution in [-0.2, 0) is 4.74 Å². The van der Waals surface area contributed by atoms with Gasteiger partial charge in [0.15, 0.2) is 11.5 Å². The van der Waals surface area contributed by atoms with E-state index in [0.29, 0.717) is 12.1 Å². The maximum Gasteiger partial charge on any atom is 0.157 e. The Morgan fingerprint density at radius 1 is 1.26 bits per heavy atom. The second-order valence-electron chi connectivity index (χ2n) is 4.71. The van der Waals surface area contributed by atoms with Gasteiger partial charge in [0.2, 0.25) is 0 Å². The number of hydrogen-bond acceptors (Lipinski definition) is 5. The van der Waals surface area contributed by atoms with Crippen LogP contribution >= 0.6 is 0 Å². The predicted octanol–water partition coefficient (Wildman–Crippen LogP) is 1.54. The fourth-order valence-corrected chi connectivity index (χ4v) is 1.81. The average Bonchev–Trinajstić information content (AvgIpc) is 2.39. The van der Waals surface area contributed by atoms with Gasteiger partial charge in [-0.25, -0.2) is 0 Å². The molecule has 19 heavy (non-hydrogen) atoms. The van der Waals surface area contributed by atoms with Crippen LogP contribution in [0.5, 0.6) is 11.5 Å². The van der Waals surface area contributed by atoms with Gasteiger partial charge in [-0.05, 0) is 37.5 Å². The van der Waals surface area contributed by atoms with Gasteiger partial charge in [-0.15, -0.1) is 0 Å². The molecule has 0 fully saturated rings. The number of phenolic OH excluding ortho intramolecular Hbond substituents is 2. The summed E-state index contributed by atoms with van der Waals surface area (Å²) in [5.41, 5.74) is 0.576. The number of benzene rings is 1. The first kappa shape index (κ1) is 15.8. The van der Waals surface area contributed by atoms with Crippen molar-refractivity contribution in [3.05, 3.63) is 23.8 Å². The van der Waals surface area contributed by atoms with E-state index in [1.807, 2.05) is 0 Å². The van der Waals surface area contributed by atoms with E-state index in [1.165, 1.54) is 12.1 Å². The minimum atomic E-state index is -0.712. The number of hydrogen-bond donors (Lipinski definition) is 4. The van der Waals surface area contributed by atoms with Gasteiger partial charge >= 0.3 is 0 Å². The van der Waals surface area contributed by atoms with Crippen molar-refractivity contribution in [2.24, 2.45) is 0 Å². The fourth-order valence-electron chi connectivity index (χ4n) is 1.81. The number of aromatic hydroxyl groups is 2. The van der Waals surface area contributed by atoms with Crippen LogP contribution in [0.3, 0.4) is 0 Å². The molecule has 0 saturated carbocycles. The van der Waals surface area contributed by atoms with E-state index in [4.69, 9.17) is 4.74 Å². The molecule has 1 rings (SSSR count). The molecule has 0 aliphatic carbocycles. The van der Waals surface area contributed by atoms with Crippen molar-refractivity contribution in [1.29, 1.82) is 0 Å². The number of methoxy groups -OCH3 is 1. The summed E-state index contributed by atoms with van der Waals surface area (Å²) in [6.45, 7) is 3.19. The molecule has 4 N–H and O–H groups in total. The van der Waals surface area contributed by atoms with E-state index >= 15 is 0 Å². The number of aliphatic hydroxyl groups is 1. The number of nitrogens with one attached hydrogen (secondary N) is 1. The summed E-state index contributed by atoms with van der Waals surface area (Å²) >= 11 is 0. The topological polar surface area (TPSA) is 82.0 Å². The predicted molar refractivity (Wildman–Crippen MR) is 73.3 cm³/mol. The maximum atomic E-state index is 9.98. The van der Waals surface area contributed by atoms with Crippen molar-refractivity contribution in [3.8, 4) is 11.5 Å². The molecule has 1 aromatic carbocycles. The highest BCUT2D eigenvalue weighted by Crippen LogP contribution is 2.27. The molecule has 0 radical (unpaired) electrons. The van der Waals surface area contributed by atoms with Crippen LogP contribution in [0.25, 0.3) is 0 Å². The molecule has 0 heterocycles. The molecule has 0 bridgehead atoms. The van der Waals surface area contributed by atoms with E-state index in [0.717, 1.165) is 19.4 Å². The Morgan fingerprint density at radius 2 is 2.00 bits per heavy atom. The lowest BCUT2D eigenvalue weighted by Gasteiger charge is -2.17. The summed E-state index contributed by atoms with van der Waals surface area (Å²) in [4.78, 5) is 0. The van der Waals surface area contributed by atoms with Crippen molar-refractivity contribution in [2.75, 3.05) is 20.3 Å². The van der Waals surface area contributed by atoms with E-state index in [1.54, 1.807) is 13.2 Å². The summed E-state index contributed by atoms with van der Waals surface area (Å²) in [5, 5.41) is 31.8. The lowest BCUT2D eigenvalue weighted by Crippen LogP contribution is -2.30. The average molecular weight is 269 g/mol. The number of aliphatic hydroxyl groups excluding tert-OH is 1. The Bertz CT molecular complexity index is 384. The molecule has 0 amide bonds. The molecular formula is C14H23NO4. The van der Waals surface area contributed by atoms with Crippen LogP contribution in [0.1, 0.15) is 31.4 Å². The Morgan fingerprint density at radius 3 is 2.63 bits per heavy atom. The molecule has 1 aromatic rings. The first-order valence-corrected chi connectivity index (χ1v) is 6.47. The Hall–Kier alpha value is -1.30. The molecule has 0 aromatic heterocycles. The molecule has 5 heteroatoms. The van der Waals surface area contributed by atoms with E-state index in [-0.39, 0.29) is 17.5 Å². The van der Waals surface area contributed by atoms with Crippen LogP contribution < -0.4 is 5.32 Å². The second kappa shape index (κ2) is 7.99. The molecule has 2 unspecified atom stereocenters. The molecular weight excluding hydrogens is 246 g/mol. The summed E-state index contributed by atoms with van der Waals surface area (Å²) in [5.74, 6) is -0.401. The summed E-state index contributed by atoms with van der Waals surface area (Å²) in [6, 6.07) is 4.62. The van der Waals surface area contributed by atoms with Crippen LogP contribution in [0.2, 0.25) is 0 Å². The van der Waals surface area contributed by atoms with Crippen LogP contribution in [-0.4, -0.2) is 41.6 Å². The van der Waals surface area contributed by atoms with Gasteiger partial charge in [-0.2, -0.15) is 0 Å². The van der Waals surface area contributed by atoms with E-state index < -0.39 is 6.10 Å². The zero-order chi connectivity index (χ0) is 14.3. The second-order valence-corrected chi connectivity index (χ2v) is 4.71. The summed E-state index contributed by atoms with van der Waals surface area (Å²) in [7, 11) is 1.68. The van der Waals surface area contributed by atoms with Crippen LogP contribution in [0, 0.1) is 0 Å². The number of rotatable bonds is 8. The van der Waals surface area contributed by atoms with Crippen molar-refractivity contribution in [2.45, 2.75) is 31.9 Å². The van der Waals surface area contributed by atoms with Crippen LogP contribution in [0.4, 0.5) is 0 Å². The summed E-state index contributed by atoms with van der Waals surface area (Å²) in [6.07, 6.45) is 1.23. The largest absolute Gasteiger partial charge is 0.504 e. The third-order valence-electron chi connectivity index (χ3n) is 3.03.